The topological polar surface area (TPSA) is 74.5 Å². The van der Waals surface area contributed by atoms with E-state index in [0.717, 1.165) is 38.2 Å². The molecule has 6 nitrogen and oxygen atoms in total. The Balaban J connectivity index is 1.67. The second kappa shape index (κ2) is 5.08. The molecule has 3 aromatic rings. The van der Waals surface area contributed by atoms with Crippen molar-refractivity contribution < 1.29 is 14.4 Å². The van der Waals surface area contributed by atoms with Gasteiger partial charge < -0.3 is 9.47 Å². The molecule has 4 rings (SSSR count). The van der Waals surface area contributed by atoms with Gasteiger partial charge in [0.05, 0.1) is 15.5 Å². The van der Waals surface area contributed by atoms with E-state index >= 15 is 0 Å². The smallest absolute Gasteiger partial charge is 0.324 e. The molecule has 0 bridgehead atoms. The molecular formula is C14H8N2O4S2. The Hall–Kier alpha value is -2.45. The largest absolute Gasteiger partial charge is 0.454 e. The average molecular weight is 332 g/mol. The van der Waals surface area contributed by atoms with Crippen LogP contribution in [0.15, 0.2) is 35.7 Å². The van der Waals surface area contributed by atoms with E-state index in [1.54, 1.807) is 6.07 Å². The number of hydrogen-bond acceptors (Lipinski definition) is 7. The van der Waals surface area contributed by atoms with Gasteiger partial charge in [-0.25, -0.2) is 4.98 Å². The summed E-state index contributed by atoms with van der Waals surface area (Å²) in [5.74, 6) is 1.44. The monoisotopic (exact) mass is 332 g/mol. The summed E-state index contributed by atoms with van der Waals surface area (Å²) in [5.41, 5.74) is 1.68. The Morgan fingerprint density at radius 2 is 2.05 bits per heavy atom. The van der Waals surface area contributed by atoms with Crippen molar-refractivity contribution in [3.63, 3.8) is 0 Å². The molecular weight excluding hydrogens is 324 g/mol. The number of ether oxygens (including phenoxy) is 2. The zero-order valence-corrected chi connectivity index (χ0v) is 12.6. The number of hydrogen-bond donors (Lipinski definition) is 0. The second-order valence-corrected chi connectivity index (χ2v) is 6.42. The minimum Gasteiger partial charge on any atom is -0.454 e. The number of benzene rings is 1. The third kappa shape index (κ3) is 2.22. The van der Waals surface area contributed by atoms with Crippen molar-refractivity contribution in [1.82, 2.24) is 4.98 Å². The predicted molar refractivity (Wildman–Crippen MR) is 83.6 cm³/mol. The summed E-state index contributed by atoms with van der Waals surface area (Å²) < 4.78 is 10.7. The lowest BCUT2D eigenvalue weighted by Crippen LogP contribution is -1.92. The van der Waals surface area contributed by atoms with Crippen molar-refractivity contribution in [2.24, 2.45) is 0 Å². The molecule has 8 heteroatoms. The molecule has 0 saturated heterocycles. The van der Waals surface area contributed by atoms with E-state index in [4.69, 9.17) is 9.47 Å². The first-order chi connectivity index (χ1) is 10.7. The number of nitro groups is 1. The number of thiazole rings is 1. The van der Waals surface area contributed by atoms with Crippen LogP contribution in [0.5, 0.6) is 11.5 Å². The number of aromatic nitrogens is 1. The molecule has 2 aromatic heterocycles. The maximum absolute atomic E-state index is 10.8. The normalized spacial score (nSPS) is 12.5. The molecule has 0 amide bonds. The highest BCUT2D eigenvalue weighted by Crippen LogP contribution is 2.39. The zero-order valence-electron chi connectivity index (χ0n) is 11.0. The Morgan fingerprint density at radius 1 is 1.18 bits per heavy atom. The Morgan fingerprint density at radius 3 is 2.86 bits per heavy atom. The Labute approximate surface area is 132 Å². The fourth-order valence-corrected chi connectivity index (χ4v) is 3.79. The quantitative estimate of drug-likeness (QED) is 0.531. The number of thiophene rings is 1. The van der Waals surface area contributed by atoms with E-state index in [-0.39, 0.29) is 16.7 Å². The van der Waals surface area contributed by atoms with Crippen LogP contribution >= 0.6 is 22.7 Å². The summed E-state index contributed by atoms with van der Waals surface area (Å²) in [7, 11) is 0. The van der Waals surface area contributed by atoms with Crippen LogP contribution in [0.4, 0.5) is 5.00 Å². The van der Waals surface area contributed by atoms with Crippen LogP contribution in [0, 0.1) is 10.1 Å². The van der Waals surface area contributed by atoms with Crippen molar-refractivity contribution in [2.75, 3.05) is 6.79 Å². The highest BCUT2D eigenvalue weighted by molar-refractivity contribution is 7.19. The molecule has 0 radical (unpaired) electrons. The zero-order chi connectivity index (χ0) is 15.1. The van der Waals surface area contributed by atoms with Crippen LogP contribution in [-0.4, -0.2) is 16.7 Å². The molecule has 1 aromatic carbocycles. The third-order valence-electron chi connectivity index (χ3n) is 3.15. The highest BCUT2D eigenvalue weighted by Gasteiger charge is 2.17. The van der Waals surface area contributed by atoms with E-state index in [1.165, 1.54) is 17.4 Å². The first-order valence-corrected chi connectivity index (χ1v) is 8.00. The minimum atomic E-state index is -0.390. The van der Waals surface area contributed by atoms with Gasteiger partial charge in [0.1, 0.15) is 5.01 Å². The van der Waals surface area contributed by atoms with Crippen LogP contribution < -0.4 is 9.47 Å². The van der Waals surface area contributed by atoms with Gasteiger partial charge in [-0.2, -0.15) is 0 Å². The summed E-state index contributed by atoms with van der Waals surface area (Å²) >= 11 is 2.61. The molecule has 0 N–H and O–H groups in total. The molecule has 1 aliphatic rings. The summed E-state index contributed by atoms with van der Waals surface area (Å²) in [6.07, 6.45) is 0. The summed E-state index contributed by atoms with van der Waals surface area (Å²) in [6.45, 7) is 0.237. The molecule has 3 heterocycles. The fourth-order valence-electron chi connectivity index (χ4n) is 2.11. The molecule has 22 heavy (non-hydrogen) atoms. The van der Waals surface area contributed by atoms with Crippen molar-refractivity contribution in [1.29, 1.82) is 0 Å². The predicted octanol–water partition coefficient (Wildman–Crippen LogP) is 4.18. The molecule has 0 atom stereocenters. The second-order valence-electron chi connectivity index (χ2n) is 4.50. The maximum Gasteiger partial charge on any atom is 0.324 e. The highest BCUT2D eigenvalue weighted by atomic mass is 32.1. The van der Waals surface area contributed by atoms with E-state index in [9.17, 15) is 10.1 Å². The van der Waals surface area contributed by atoms with Crippen LogP contribution in [-0.2, 0) is 0 Å². The number of nitrogens with zero attached hydrogens (tertiary/aromatic N) is 2. The van der Waals surface area contributed by atoms with Gasteiger partial charge in [0, 0.05) is 17.0 Å². The summed E-state index contributed by atoms with van der Waals surface area (Å²) in [4.78, 5) is 15.7. The maximum atomic E-state index is 10.8. The van der Waals surface area contributed by atoms with Crippen molar-refractivity contribution >= 4 is 27.7 Å². The lowest BCUT2D eigenvalue weighted by atomic mass is 10.2. The van der Waals surface area contributed by atoms with Gasteiger partial charge in [0.15, 0.2) is 11.5 Å². The van der Waals surface area contributed by atoms with Gasteiger partial charge in [-0.3, -0.25) is 10.1 Å². The molecule has 0 spiro atoms. The lowest BCUT2D eigenvalue weighted by Gasteiger charge is -1.99. The summed E-state index contributed by atoms with van der Waals surface area (Å²) in [6, 6.07) is 8.89. The van der Waals surface area contributed by atoms with Gasteiger partial charge in [-0.15, -0.1) is 11.3 Å². The SMILES string of the molecule is O=[N+]([O-])c1ccc(-c2csc(-c3ccc4c(c3)OCO4)n2)s1. The molecule has 0 fully saturated rings. The Kier molecular flexibility index (Phi) is 3.05. The van der Waals surface area contributed by atoms with Gasteiger partial charge in [-0.05, 0) is 24.3 Å². The van der Waals surface area contributed by atoms with E-state index in [0.29, 0.717) is 5.75 Å². The van der Waals surface area contributed by atoms with Gasteiger partial charge >= 0.3 is 5.00 Å². The Bertz CT molecular complexity index is 871. The van der Waals surface area contributed by atoms with Gasteiger partial charge in [-0.1, -0.05) is 11.3 Å². The first-order valence-electron chi connectivity index (χ1n) is 6.31. The van der Waals surface area contributed by atoms with Crippen molar-refractivity contribution in [2.45, 2.75) is 0 Å². The molecule has 0 unspecified atom stereocenters. The minimum absolute atomic E-state index is 0.118. The van der Waals surface area contributed by atoms with Gasteiger partial charge in [0.2, 0.25) is 6.79 Å². The van der Waals surface area contributed by atoms with E-state index in [2.05, 4.69) is 4.98 Å². The number of rotatable bonds is 3. The molecule has 110 valence electrons. The standard InChI is InChI=1S/C14H8N2O4S2/c17-16(18)13-4-3-12(22-13)9-6-21-14(15-9)8-1-2-10-11(5-8)20-7-19-10/h1-6H,7H2. The number of fused-ring (bicyclic) bond motifs is 1. The average Bonchev–Trinajstić information content (AvgIpc) is 3.25. The fraction of sp³-hybridized carbons (Fsp3) is 0.0714. The van der Waals surface area contributed by atoms with Crippen molar-refractivity contribution in [3.05, 3.63) is 45.8 Å². The van der Waals surface area contributed by atoms with Crippen LogP contribution in [0.3, 0.4) is 0 Å². The van der Waals surface area contributed by atoms with E-state index in [1.807, 2.05) is 23.6 Å². The van der Waals surface area contributed by atoms with Gasteiger partial charge in [0.25, 0.3) is 0 Å². The van der Waals surface area contributed by atoms with Crippen LogP contribution in [0.2, 0.25) is 0 Å². The van der Waals surface area contributed by atoms with E-state index < -0.39 is 0 Å². The van der Waals surface area contributed by atoms with Crippen molar-refractivity contribution in [3.8, 4) is 32.6 Å². The molecule has 1 aliphatic heterocycles. The molecule has 0 aliphatic carbocycles. The van der Waals surface area contributed by atoms with Crippen LogP contribution in [0.25, 0.3) is 21.1 Å². The van der Waals surface area contributed by atoms with Crippen LogP contribution in [0.1, 0.15) is 0 Å². The lowest BCUT2D eigenvalue weighted by molar-refractivity contribution is -0.380. The first kappa shape index (κ1) is 13.2. The summed E-state index contributed by atoms with van der Waals surface area (Å²) in [5, 5.41) is 13.6. The molecule has 0 saturated carbocycles. The third-order valence-corrected chi connectivity index (χ3v) is 5.10.